The van der Waals surface area contributed by atoms with Gasteiger partial charge < -0.3 is 14.6 Å². The Kier molecular flexibility index (Phi) is 6.64. The number of aliphatic imine (C=N–C) groups is 1. The molecule has 2 atom stereocenters. The average molecular weight is 645 g/mol. The third-order valence-corrected chi connectivity index (χ3v) is 9.90. The minimum atomic E-state index is -0.179. The Morgan fingerprint density at radius 3 is 1.96 bits per heavy atom. The van der Waals surface area contributed by atoms with E-state index in [0.29, 0.717) is 0 Å². The molecule has 0 saturated carbocycles. The van der Waals surface area contributed by atoms with Crippen LogP contribution in [-0.2, 0) is 0 Å². The molecule has 0 saturated heterocycles. The van der Waals surface area contributed by atoms with Crippen LogP contribution in [0, 0.1) is 0 Å². The molecule has 0 amide bonds. The predicted octanol–water partition coefficient (Wildman–Crippen LogP) is 10.6. The van der Waals surface area contributed by atoms with Crippen molar-refractivity contribution in [1.82, 2.24) is 15.2 Å². The smallest absolute Gasteiger partial charge is 0.136 e. The SMILES string of the molecule is c1ccc(C2=NC(c3ccccc3)NC(c3ccc(-n4c5ccccc5c5cc6c(cc54)-c4ccccc4-c4ccccc4O6)cc3)N2)cc1. The summed E-state index contributed by atoms with van der Waals surface area (Å²) in [6.07, 6.45) is -0.313. The van der Waals surface area contributed by atoms with Gasteiger partial charge in [0.1, 0.15) is 29.7 Å². The lowest BCUT2D eigenvalue weighted by molar-refractivity contribution is 0.409. The molecule has 0 aliphatic carbocycles. The maximum Gasteiger partial charge on any atom is 0.136 e. The number of hydrogen-bond acceptors (Lipinski definition) is 4. The van der Waals surface area contributed by atoms with Gasteiger partial charge in [-0.1, -0.05) is 133 Å². The molecule has 8 aromatic rings. The summed E-state index contributed by atoms with van der Waals surface area (Å²) >= 11 is 0. The third-order valence-electron chi connectivity index (χ3n) is 9.90. The molecular weight excluding hydrogens is 613 g/mol. The summed E-state index contributed by atoms with van der Waals surface area (Å²) < 4.78 is 9.06. The molecule has 50 heavy (non-hydrogen) atoms. The molecule has 0 fully saturated rings. The molecule has 2 aliphatic rings. The molecule has 5 nitrogen and oxygen atoms in total. The lowest BCUT2D eigenvalue weighted by Crippen LogP contribution is -2.44. The molecule has 2 unspecified atom stereocenters. The first-order valence-corrected chi connectivity index (χ1v) is 17.0. The number of amidine groups is 1. The van der Waals surface area contributed by atoms with Crippen molar-refractivity contribution in [3.05, 3.63) is 187 Å². The summed E-state index contributed by atoms with van der Waals surface area (Å²) in [7, 11) is 0. The van der Waals surface area contributed by atoms with E-state index in [1.165, 1.54) is 16.5 Å². The van der Waals surface area contributed by atoms with Gasteiger partial charge in [0.25, 0.3) is 0 Å². The Labute approximate surface area is 290 Å². The van der Waals surface area contributed by atoms with E-state index in [4.69, 9.17) is 9.73 Å². The van der Waals surface area contributed by atoms with Gasteiger partial charge in [-0.05, 0) is 58.7 Å². The standard InChI is InChI=1S/C45H32N4O/c1-3-13-29(14-4-1)43-46-44(30-15-5-2-6-16-30)48-45(47-43)31-23-25-32(26-24-31)49-39-21-11-9-19-35(39)37-28-42-38(27-40(37)49)34-18-8-7-17-33(34)36-20-10-12-22-41(36)50-42/h1-28,43,45,47H,(H,46,48). The monoisotopic (exact) mass is 644 g/mol. The number of rotatable bonds is 4. The summed E-state index contributed by atoms with van der Waals surface area (Å²) in [5.41, 5.74) is 11.2. The van der Waals surface area contributed by atoms with Crippen LogP contribution in [0.5, 0.6) is 11.5 Å². The van der Waals surface area contributed by atoms with E-state index in [0.717, 1.165) is 67.3 Å². The minimum absolute atomic E-state index is 0.133. The molecule has 2 aliphatic heterocycles. The molecule has 1 aromatic heterocycles. The van der Waals surface area contributed by atoms with E-state index < -0.39 is 0 Å². The fourth-order valence-electron chi connectivity index (χ4n) is 7.51. The van der Waals surface area contributed by atoms with Crippen molar-refractivity contribution in [1.29, 1.82) is 0 Å². The highest BCUT2D eigenvalue weighted by molar-refractivity contribution is 6.12. The number of benzene rings is 7. The van der Waals surface area contributed by atoms with Gasteiger partial charge in [-0.3, -0.25) is 5.32 Å². The summed E-state index contributed by atoms with van der Waals surface area (Å²) in [4.78, 5) is 5.08. The number of ether oxygens (including phenoxy) is 1. The van der Waals surface area contributed by atoms with Crippen LogP contribution >= 0.6 is 0 Å². The van der Waals surface area contributed by atoms with E-state index in [1.807, 2.05) is 18.2 Å². The summed E-state index contributed by atoms with van der Waals surface area (Å²) in [5.74, 6) is 2.61. The van der Waals surface area contributed by atoms with E-state index in [-0.39, 0.29) is 12.3 Å². The second-order valence-corrected chi connectivity index (χ2v) is 12.9. The van der Waals surface area contributed by atoms with Gasteiger partial charge in [-0.25, -0.2) is 4.99 Å². The summed E-state index contributed by atoms with van der Waals surface area (Å²) in [6.45, 7) is 0. The topological polar surface area (TPSA) is 50.6 Å². The number of nitrogens with zero attached hydrogens (tertiary/aromatic N) is 2. The van der Waals surface area contributed by atoms with Crippen molar-refractivity contribution in [2.45, 2.75) is 12.3 Å². The van der Waals surface area contributed by atoms with Gasteiger partial charge in [0.15, 0.2) is 0 Å². The molecule has 0 radical (unpaired) electrons. The van der Waals surface area contributed by atoms with Crippen LogP contribution in [0.3, 0.4) is 0 Å². The fraction of sp³-hybridized carbons (Fsp3) is 0.0444. The van der Waals surface area contributed by atoms with E-state index in [2.05, 4.69) is 167 Å². The minimum Gasteiger partial charge on any atom is -0.456 e. The van der Waals surface area contributed by atoms with Crippen LogP contribution in [0.4, 0.5) is 0 Å². The van der Waals surface area contributed by atoms with Crippen molar-refractivity contribution in [3.8, 4) is 39.4 Å². The first-order chi connectivity index (χ1) is 24.8. The number of aromatic nitrogens is 1. The second-order valence-electron chi connectivity index (χ2n) is 12.9. The molecule has 10 rings (SSSR count). The normalized spacial score (nSPS) is 16.4. The number of nitrogens with one attached hydrogen (secondary N) is 2. The highest BCUT2D eigenvalue weighted by Crippen LogP contribution is 2.49. The lowest BCUT2D eigenvalue weighted by Gasteiger charge is -2.32. The van der Waals surface area contributed by atoms with Crippen molar-refractivity contribution in [2.75, 3.05) is 0 Å². The zero-order valence-electron chi connectivity index (χ0n) is 27.1. The van der Waals surface area contributed by atoms with E-state index >= 15 is 0 Å². The molecular formula is C45H32N4O. The Morgan fingerprint density at radius 1 is 0.500 bits per heavy atom. The van der Waals surface area contributed by atoms with E-state index in [1.54, 1.807) is 0 Å². The van der Waals surface area contributed by atoms with Crippen LogP contribution in [0.15, 0.2) is 175 Å². The van der Waals surface area contributed by atoms with Crippen LogP contribution < -0.4 is 15.4 Å². The highest BCUT2D eigenvalue weighted by Gasteiger charge is 2.26. The van der Waals surface area contributed by atoms with Crippen molar-refractivity contribution >= 4 is 27.6 Å². The Bertz CT molecular complexity index is 2570. The first kappa shape index (κ1) is 28.6. The molecule has 0 spiro atoms. The molecule has 0 bridgehead atoms. The van der Waals surface area contributed by atoms with Gasteiger partial charge in [0.2, 0.25) is 0 Å². The van der Waals surface area contributed by atoms with Crippen molar-refractivity contribution in [3.63, 3.8) is 0 Å². The number of para-hydroxylation sites is 2. The zero-order chi connectivity index (χ0) is 33.0. The number of fused-ring (bicyclic) bond motifs is 8. The highest BCUT2D eigenvalue weighted by atomic mass is 16.5. The van der Waals surface area contributed by atoms with Gasteiger partial charge in [0, 0.05) is 33.2 Å². The summed E-state index contributed by atoms with van der Waals surface area (Å²) in [5, 5.41) is 9.76. The largest absolute Gasteiger partial charge is 0.456 e. The third kappa shape index (κ3) is 4.71. The van der Waals surface area contributed by atoms with Crippen LogP contribution in [-0.4, -0.2) is 10.4 Å². The summed E-state index contributed by atoms with van der Waals surface area (Å²) in [6, 6.07) is 59.7. The zero-order valence-corrected chi connectivity index (χ0v) is 27.1. The maximum absolute atomic E-state index is 6.69. The second kappa shape index (κ2) is 11.6. The first-order valence-electron chi connectivity index (χ1n) is 17.0. The molecule has 2 N–H and O–H groups in total. The Hall–Kier alpha value is -6.43. The van der Waals surface area contributed by atoms with Crippen LogP contribution in [0.2, 0.25) is 0 Å². The molecule has 3 heterocycles. The molecule has 238 valence electrons. The van der Waals surface area contributed by atoms with Gasteiger partial charge in [-0.2, -0.15) is 0 Å². The molecule has 5 heteroatoms. The van der Waals surface area contributed by atoms with E-state index in [9.17, 15) is 0 Å². The van der Waals surface area contributed by atoms with Crippen LogP contribution in [0.25, 0.3) is 49.7 Å². The van der Waals surface area contributed by atoms with Gasteiger partial charge in [0.05, 0.1) is 11.0 Å². The van der Waals surface area contributed by atoms with Crippen LogP contribution in [0.1, 0.15) is 29.0 Å². The van der Waals surface area contributed by atoms with Gasteiger partial charge in [-0.15, -0.1) is 0 Å². The van der Waals surface area contributed by atoms with Crippen molar-refractivity contribution < 1.29 is 4.74 Å². The lowest BCUT2D eigenvalue weighted by atomic mass is 9.94. The maximum atomic E-state index is 6.69. The fourth-order valence-corrected chi connectivity index (χ4v) is 7.51. The average Bonchev–Trinajstić information content (AvgIpc) is 3.44. The van der Waals surface area contributed by atoms with Gasteiger partial charge >= 0.3 is 0 Å². The molecule has 7 aromatic carbocycles. The Morgan fingerprint density at radius 2 is 1.16 bits per heavy atom. The predicted molar refractivity (Wildman–Crippen MR) is 203 cm³/mol. The number of hydrogen-bond donors (Lipinski definition) is 2. The quantitative estimate of drug-likeness (QED) is 0.200. The Balaban J connectivity index is 1.08. The van der Waals surface area contributed by atoms with Crippen molar-refractivity contribution in [2.24, 2.45) is 4.99 Å².